The molecule has 0 radical (unpaired) electrons. The molecule has 0 saturated heterocycles. The first-order chi connectivity index (χ1) is 10.1. The van der Waals surface area contributed by atoms with E-state index < -0.39 is 5.97 Å². The minimum atomic E-state index is -1.10. The standard InChI is InChI=1S/C16H15ClO4/c1-3-10-7-8-13(14(9-10)20-2)21-15-11(16(18)19)5-4-6-12(15)17/h4-9H,3H2,1-2H3,(H,18,19). The maximum Gasteiger partial charge on any atom is 0.339 e. The van der Waals surface area contributed by atoms with E-state index in [0.29, 0.717) is 11.5 Å². The Labute approximate surface area is 127 Å². The van der Waals surface area contributed by atoms with E-state index in [2.05, 4.69) is 0 Å². The molecule has 0 fully saturated rings. The molecule has 0 atom stereocenters. The molecule has 0 saturated carbocycles. The maximum atomic E-state index is 11.2. The van der Waals surface area contributed by atoms with Gasteiger partial charge >= 0.3 is 5.97 Å². The normalized spacial score (nSPS) is 10.2. The topological polar surface area (TPSA) is 55.8 Å². The molecule has 110 valence electrons. The molecule has 4 nitrogen and oxygen atoms in total. The van der Waals surface area contributed by atoms with Gasteiger partial charge in [0.05, 0.1) is 12.1 Å². The number of ether oxygens (including phenoxy) is 2. The monoisotopic (exact) mass is 306 g/mol. The average Bonchev–Trinajstić information content (AvgIpc) is 2.49. The second kappa shape index (κ2) is 6.50. The number of halogens is 1. The van der Waals surface area contributed by atoms with Crippen LogP contribution >= 0.6 is 11.6 Å². The van der Waals surface area contributed by atoms with Crippen molar-refractivity contribution in [2.24, 2.45) is 0 Å². The molecular weight excluding hydrogens is 292 g/mol. The van der Waals surface area contributed by atoms with E-state index in [-0.39, 0.29) is 16.3 Å². The summed E-state index contributed by atoms with van der Waals surface area (Å²) >= 11 is 6.05. The summed E-state index contributed by atoms with van der Waals surface area (Å²) in [5.74, 6) is -0.0400. The molecule has 0 bridgehead atoms. The lowest BCUT2D eigenvalue weighted by atomic mass is 10.1. The van der Waals surface area contributed by atoms with Crippen LogP contribution in [0, 0.1) is 0 Å². The van der Waals surface area contributed by atoms with Crippen molar-refractivity contribution in [3.63, 3.8) is 0 Å². The zero-order valence-corrected chi connectivity index (χ0v) is 12.5. The Balaban J connectivity index is 2.45. The number of carboxylic acids is 1. The van der Waals surface area contributed by atoms with Crippen LogP contribution in [0.1, 0.15) is 22.8 Å². The summed E-state index contributed by atoms with van der Waals surface area (Å²) in [7, 11) is 1.53. The van der Waals surface area contributed by atoms with Crippen LogP contribution in [-0.2, 0) is 6.42 Å². The zero-order valence-electron chi connectivity index (χ0n) is 11.7. The highest BCUT2D eigenvalue weighted by Gasteiger charge is 2.17. The van der Waals surface area contributed by atoms with Gasteiger partial charge < -0.3 is 14.6 Å². The van der Waals surface area contributed by atoms with Crippen LogP contribution in [-0.4, -0.2) is 18.2 Å². The van der Waals surface area contributed by atoms with Crippen LogP contribution in [0.15, 0.2) is 36.4 Å². The van der Waals surface area contributed by atoms with E-state index in [9.17, 15) is 9.90 Å². The summed E-state index contributed by atoms with van der Waals surface area (Å²) in [4.78, 5) is 11.2. The summed E-state index contributed by atoms with van der Waals surface area (Å²) in [5, 5.41) is 9.44. The number of carbonyl (C=O) groups is 1. The van der Waals surface area contributed by atoms with Crippen molar-refractivity contribution in [3.05, 3.63) is 52.5 Å². The van der Waals surface area contributed by atoms with E-state index >= 15 is 0 Å². The molecule has 0 heterocycles. The van der Waals surface area contributed by atoms with Crippen molar-refractivity contribution in [1.29, 1.82) is 0 Å². The number of hydrogen-bond acceptors (Lipinski definition) is 3. The van der Waals surface area contributed by atoms with E-state index in [0.717, 1.165) is 12.0 Å². The van der Waals surface area contributed by atoms with Gasteiger partial charge in [-0.3, -0.25) is 0 Å². The lowest BCUT2D eigenvalue weighted by molar-refractivity contribution is 0.0694. The first-order valence-corrected chi connectivity index (χ1v) is 6.81. The molecule has 0 aromatic heterocycles. The van der Waals surface area contributed by atoms with Crippen LogP contribution < -0.4 is 9.47 Å². The number of hydrogen-bond donors (Lipinski definition) is 1. The molecule has 0 spiro atoms. The fraction of sp³-hybridized carbons (Fsp3) is 0.188. The van der Waals surface area contributed by atoms with Gasteiger partial charge in [0, 0.05) is 0 Å². The number of para-hydroxylation sites is 1. The highest BCUT2D eigenvalue weighted by Crippen LogP contribution is 2.37. The van der Waals surface area contributed by atoms with Crippen molar-refractivity contribution in [3.8, 4) is 17.2 Å². The summed E-state index contributed by atoms with van der Waals surface area (Å²) < 4.78 is 11.0. The van der Waals surface area contributed by atoms with Crippen molar-refractivity contribution in [2.45, 2.75) is 13.3 Å². The third-order valence-corrected chi connectivity index (χ3v) is 3.34. The molecule has 2 aromatic rings. The molecular formula is C16H15ClO4. The number of aromatic carboxylic acids is 1. The third kappa shape index (κ3) is 3.28. The molecule has 0 unspecified atom stereocenters. The second-order valence-corrected chi connectivity index (χ2v) is 4.77. The van der Waals surface area contributed by atoms with Gasteiger partial charge in [-0.2, -0.15) is 0 Å². The predicted molar refractivity (Wildman–Crippen MR) is 80.9 cm³/mol. The van der Waals surface area contributed by atoms with Gasteiger partial charge in [-0.1, -0.05) is 30.7 Å². The van der Waals surface area contributed by atoms with Gasteiger partial charge in [-0.05, 0) is 36.2 Å². The molecule has 0 aliphatic carbocycles. The Morgan fingerprint density at radius 3 is 2.62 bits per heavy atom. The molecule has 0 aliphatic heterocycles. The second-order valence-electron chi connectivity index (χ2n) is 4.36. The lowest BCUT2D eigenvalue weighted by Gasteiger charge is -2.14. The first-order valence-electron chi connectivity index (χ1n) is 6.43. The van der Waals surface area contributed by atoms with Gasteiger partial charge in [0.15, 0.2) is 17.2 Å². The van der Waals surface area contributed by atoms with Crippen molar-refractivity contribution < 1.29 is 19.4 Å². The number of rotatable bonds is 5. The Morgan fingerprint density at radius 1 is 1.24 bits per heavy atom. The van der Waals surface area contributed by atoms with Crippen LogP contribution in [0.2, 0.25) is 5.02 Å². The van der Waals surface area contributed by atoms with E-state index in [1.807, 2.05) is 19.1 Å². The lowest BCUT2D eigenvalue weighted by Crippen LogP contribution is -2.01. The average molecular weight is 307 g/mol. The van der Waals surface area contributed by atoms with Crippen molar-refractivity contribution in [2.75, 3.05) is 7.11 Å². The summed E-state index contributed by atoms with van der Waals surface area (Å²) in [5.41, 5.74) is 1.10. The largest absolute Gasteiger partial charge is 0.493 e. The number of aryl methyl sites for hydroxylation is 1. The predicted octanol–water partition coefficient (Wildman–Crippen LogP) is 4.40. The highest BCUT2D eigenvalue weighted by molar-refractivity contribution is 6.32. The highest BCUT2D eigenvalue weighted by atomic mass is 35.5. The molecule has 5 heteroatoms. The number of benzene rings is 2. The Morgan fingerprint density at radius 2 is 2.00 bits per heavy atom. The Hall–Kier alpha value is -2.20. The van der Waals surface area contributed by atoms with Crippen molar-refractivity contribution in [1.82, 2.24) is 0 Å². The zero-order chi connectivity index (χ0) is 15.4. The number of methoxy groups -OCH3 is 1. The van der Waals surface area contributed by atoms with Gasteiger partial charge in [-0.25, -0.2) is 4.79 Å². The van der Waals surface area contributed by atoms with Gasteiger partial charge in [0.2, 0.25) is 0 Å². The van der Waals surface area contributed by atoms with Crippen molar-refractivity contribution >= 4 is 17.6 Å². The minimum Gasteiger partial charge on any atom is -0.493 e. The molecule has 0 amide bonds. The van der Waals surface area contributed by atoms with Gasteiger partial charge in [0.25, 0.3) is 0 Å². The smallest absolute Gasteiger partial charge is 0.339 e. The fourth-order valence-corrected chi connectivity index (χ4v) is 2.12. The molecule has 0 aliphatic rings. The van der Waals surface area contributed by atoms with Crippen LogP contribution in [0.4, 0.5) is 0 Å². The molecule has 2 aromatic carbocycles. The van der Waals surface area contributed by atoms with Crippen LogP contribution in [0.25, 0.3) is 0 Å². The maximum absolute atomic E-state index is 11.2. The quantitative estimate of drug-likeness (QED) is 0.889. The van der Waals surface area contributed by atoms with Crippen LogP contribution in [0.3, 0.4) is 0 Å². The Kier molecular flexibility index (Phi) is 4.70. The van der Waals surface area contributed by atoms with E-state index in [4.69, 9.17) is 21.1 Å². The molecule has 1 N–H and O–H groups in total. The van der Waals surface area contributed by atoms with Gasteiger partial charge in [0.1, 0.15) is 5.56 Å². The van der Waals surface area contributed by atoms with E-state index in [1.165, 1.54) is 13.2 Å². The summed E-state index contributed by atoms with van der Waals surface area (Å²) in [6.45, 7) is 2.03. The number of carboxylic acid groups (broad SMARTS) is 1. The summed E-state index contributed by atoms with van der Waals surface area (Å²) in [6, 6.07) is 10.1. The SMILES string of the molecule is CCc1ccc(Oc2c(Cl)cccc2C(=O)O)c(OC)c1. The molecule has 21 heavy (non-hydrogen) atoms. The molecule has 2 rings (SSSR count). The first kappa shape index (κ1) is 15.2. The summed E-state index contributed by atoms with van der Waals surface area (Å²) in [6.07, 6.45) is 0.864. The van der Waals surface area contributed by atoms with E-state index in [1.54, 1.807) is 18.2 Å². The fourth-order valence-electron chi connectivity index (χ4n) is 1.91. The van der Waals surface area contributed by atoms with Gasteiger partial charge in [-0.15, -0.1) is 0 Å². The Bertz CT molecular complexity index is 667. The minimum absolute atomic E-state index is 0.00382. The van der Waals surface area contributed by atoms with Crippen LogP contribution in [0.5, 0.6) is 17.2 Å². The third-order valence-electron chi connectivity index (χ3n) is 3.05.